The highest BCUT2D eigenvalue weighted by Gasteiger charge is 2.34. The Morgan fingerprint density at radius 1 is 1.26 bits per heavy atom. The van der Waals surface area contributed by atoms with Gasteiger partial charge in [0.05, 0.1) is 20.5 Å². The van der Waals surface area contributed by atoms with Crippen molar-refractivity contribution in [1.29, 1.82) is 5.26 Å². The van der Waals surface area contributed by atoms with Crippen LogP contribution in [0, 0.1) is 21.1 Å². The van der Waals surface area contributed by atoms with Crippen LogP contribution in [0.3, 0.4) is 0 Å². The zero-order valence-electron chi connectivity index (χ0n) is 17.1. The van der Waals surface area contributed by atoms with Crippen molar-refractivity contribution >= 4 is 46.3 Å². The molecule has 2 heterocycles. The topological polar surface area (TPSA) is 90.3 Å². The van der Waals surface area contributed by atoms with Gasteiger partial charge >= 0.3 is 0 Å². The Bertz CT molecular complexity index is 1160. The van der Waals surface area contributed by atoms with Gasteiger partial charge in [0.2, 0.25) is 5.91 Å². The maximum atomic E-state index is 12.5. The molecule has 2 aromatic rings. The van der Waals surface area contributed by atoms with Gasteiger partial charge in [-0.1, -0.05) is 31.3 Å². The summed E-state index contributed by atoms with van der Waals surface area (Å²) in [6.45, 7) is 2.35. The quantitative estimate of drug-likeness (QED) is 0.534. The van der Waals surface area contributed by atoms with Gasteiger partial charge < -0.3 is 5.32 Å². The molecule has 1 unspecified atom stereocenters. The zero-order chi connectivity index (χ0) is 22.1. The molecule has 6 nitrogen and oxygen atoms in total. The van der Waals surface area contributed by atoms with E-state index in [2.05, 4.69) is 18.3 Å². The lowest BCUT2D eigenvalue weighted by molar-refractivity contribution is -0.116. The number of anilines is 1. The summed E-state index contributed by atoms with van der Waals surface area (Å²) < 4.78 is 0.724. The van der Waals surface area contributed by atoms with Crippen molar-refractivity contribution in [3.05, 3.63) is 55.9 Å². The molecule has 4 rings (SSSR count). The van der Waals surface area contributed by atoms with Gasteiger partial charge in [-0.25, -0.2) is 0 Å². The Morgan fingerprint density at radius 3 is 2.58 bits per heavy atom. The van der Waals surface area contributed by atoms with Gasteiger partial charge in [0.15, 0.2) is 0 Å². The number of carbonyl (C=O) groups excluding carboxylic acids is 3. The summed E-state index contributed by atoms with van der Waals surface area (Å²) in [6.07, 6.45) is 3.13. The third-order valence-corrected chi connectivity index (χ3v) is 7.24. The molecule has 1 aromatic heterocycles. The number of nitrogens with zero attached hydrogens (tertiary/aromatic N) is 2. The van der Waals surface area contributed by atoms with Crippen LogP contribution >= 0.6 is 23.6 Å². The molecule has 1 aliphatic heterocycles. The van der Waals surface area contributed by atoms with Crippen molar-refractivity contribution in [2.24, 2.45) is 5.92 Å². The first-order chi connectivity index (χ1) is 14.9. The van der Waals surface area contributed by atoms with E-state index in [9.17, 15) is 19.6 Å². The van der Waals surface area contributed by atoms with E-state index in [1.807, 2.05) is 0 Å². The normalized spacial score (nSPS) is 17.2. The van der Waals surface area contributed by atoms with Gasteiger partial charge in [0.25, 0.3) is 11.8 Å². The molecule has 0 radical (unpaired) electrons. The Hall–Kier alpha value is -2.89. The maximum absolute atomic E-state index is 12.5. The molecular formula is C23H21N3O3S2. The molecule has 31 heavy (non-hydrogen) atoms. The Balaban J connectivity index is 1.41. The highest BCUT2D eigenvalue weighted by atomic mass is 32.1. The average Bonchev–Trinajstić information content (AvgIpc) is 2.99. The van der Waals surface area contributed by atoms with Crippen molar-refractivity contribution in [2.45, 2.75) is 39.0 Å². The number of nitriles is 1. The van der Waals surface area contributed by atoms with Gasteiger partial charge in [-0.2, -0.15) is 5.26 Å². The van der Waals surface area contributed by atoms with E-state index in [1.165, 1.54) is 16.2 Å². The summed E-state index contributed by atoms with van der Waals surface area (Å²) in [5, 5.41) is 13.0. The van der Waals surface area contributed by atoms with Crippen LogP contribution in [0.2, 0.25) is 0 Å². The van der Waals surface area contributed by atoms with Crippen LogP contribution in [0.5, 0.6) is 0 Å². The lowest BCUT2D eigenvalue weighted by Gasteiger charge is -2.23. The Labute approximate surface area is 189 Å². The second kappa shape index (κ2) is 8.69. The van der Waals surface area contributed by atoms with Gasteiger partial charge in [-0.3, -0.25) is 19.3 Å². The maximum Gasteiger partial charge on any atom is 0.261 e. The van der Waals surface area contributed by atoms with Gasteiger partial charge in [-0.05, 0) is 54.9 Å². The van der Waals surface area contributed by atoms with E-state index in [0.717, 1.165) is 34.2 Å². The first kappa shape index (κ1) is 21.3. The average molecular weight is 452 g/mol. The summed E-state index contributed by atoms with van der Waals surface area (Å²) in [5.74, 6) is -0.372. The molecule has 1 aliphatic carbocycles. The summed E-state index contributed by atoms with van der Waals surface area (Å²) >= 11 is 6.80. The molecule has 8 heteroatoms. The number of nitrogens with one attached hydrogen (secondary N) is 1. The summed E-state index contributed by atoms with van der Waals surface area (Å²) in [6, 6.07) is 8.96. The van der Waals surface area contributed by atoms with E-state index in [0.29, 0.717) is 34.0 Å². The van der Waals surface area contributed by atoms with Gasteiger partial charge in [0.1, 0.15) is 11.1 Å². The van der Waals surface area contributed by atoms with Crippen LogP contribution in [0.1, 0.15) is 63.6 Å². The fourth-order valence-corrected chi connectivity index (χ4v) is 5.58. The van der Waals surface area contributed by atoms with E-state index in [1.54, 1.807) is 24.3 Å². The van der Waals surface area contributed by atoms with Crippen LogP contribution in [0.4, 0.5) is 5.00 Å². The molecular weight excluding hydrogens is 430 g/mol. The SMILES string of the molecule is CC1CCc2c(C#N)c(NC(=O)CCCN3C(=O)c4ccccc4C3=O)sc(=S)c2C1. The molecule has 1 atom stereocenters. The number of fused-ring (bicyclic) bond motifs is 2. The monoisotopic (exact) mass is 451 g/mol. The number of carbonyl (C=O) groups is 3. The van der Waals surface area contributed by atoms with Crippen molar-refractivity contribution in [1.82, 2.24) is 4.90 Å². The number of hydrogen-bond donors (Lipinski definition) is 1. The third kappa shape index (κ3) is 4.03. The van der Waals surface area contributed by atoms with Crippen LogP contribution in [-0.4, -0.2) is 29.2 Å². The number of amides is 3. The zero-order valence-corrected chi connectivity index (χ0v) is 18.7. The number of hydrogen-bond acceptors (Lipinski definition) is 6. The minimum Gasteiger partial charge on any atom is -0.317 e. The molecule has 1 aromatic carbocycles. The first-order valence-electron chi connectivity index (χ1n) is 10.2. The molecule has 0 spiro atoms. The molecule has 3 amide bonds. The summed E-state index contributed by atoms with van der Waals surface area (Å²) in [4.78, 5) is 38.5. The molecule has 158 valence electrons. The van der Waals surface area contributed by atoms with Crippen molar-refractivity contribution in [2.75, 3.05) is 11.9 Å². The van der Waals surface area contributed by atoms with Crippen molar-refractivity contribution < 1.29 is 14.4 Å². The van der Waals surface area contributed by atoms with Crippen molar-refractivity contribution in [3.63, 3.8) is 0 Å². The first-order valence-corrected chi connectivity index (χ1v) is 11.5. The van der Waals surface area contributed by atoms with E-state index < -0.39 is 0 Å². The summed E-state index contributed by atoms with van der Waals surface area (Å²) in [7, 11) is 0. The highest BCUT2D eigenvalue weighted by Crippen LogP contribution is 2.36. The lowest BCUT2D eigenvalue weighted by Crippen LogP contribution is -2.31. The number of rotatable bonds is 5. The van der Waals surface area contributed by atoms with Gasteiger partial charge in [0, 0.05) is 13.0 Å². The molecule has 0 saturated carbocycles. The second-order valence-electron chi connectivity index (χ2n) is 7.97. The van der Waals surface area contributed by atoms with E-state index >= 15 is 0 Å². The highest BCUT2D eigenvalue weighted by molar-refractivity contribution is 7.73. The summed E-state index contributed by atoms with van der Waals surface area (Å²) in [5.41, 5.74) is 3.34. The minimum atomic E-state index is -0.324. The number of imide groups is 1. The van der Waals surface area contributed by atoms with Crippen LogP contribution < -0.4 is 5.32 Å². The third-order valence-electron chi connectivity index (χ3n) is 5.80. The fourth-order valence-electron chi connectivity index (χ4n) is 4.18. The minimum absolute atomic E-state index is 0.131. The molecule has 1 N–H and O–H groups in total. The fraction of sp³-hybridized carbons (Fsp3) is 0.348. The van der Waals surface area contributed by atoms with Crippen LogP contribution in [0.25, 0.3) is 0 Å². The molecule has 2 aliphatic rings. The van der Waals surface area contributed by atoms with E-state index in [4.69, 9.17) is 12.2 Å². The largest absolute Gasteiger partial charge is 0.317 e. The Morgan fingerprint density at radius 2 is 1.94 bits per heavy atom. The second-order valence-corrected chi connectivity index (χ2v) is 9.66. The standard InChI is InChI=1S/C23H21N3O3S2/c1-13-8-9-14-17(11-13)23(30)31-20(18(14)12-24)25-19(27)7-4-10-26-21(28)15-5-2-3-6-16(15)22(26)29/h2-3,5-6,13H,4,7-11H2,1H3,(H,25,27). The molecule has 0 saturated heterocycles. The van der Waals surface area contributed by atoms with Crippen molar-refractivity contribution in [3.8, 4) is 6.07 Å². The Kier molecular flexibility index (Phi) is 5.99. The predicted octanol–water partition coefficient (Wildman–Crippen LogP) is 4.49. The molecule has 0 fully saturated rings. The van der Waals surface area contributed by atoms with Gasteiger partial charge in [-0.15, -0.1) is 11.3 Å². The molecule has 0 bridgehead atoms. The predicted molar refractivity (Wildman–Crippen MR) is 121 cm³/mol. The van der Waals surface area contributed by atoms with Crippen LogP contribution in [-0.2, 0) is 17.6 Å². The van der Waals surface area contributed by atoms with Crippen LogP contribution in [0.15, 0.2) is 24.3 Å². The van der Waals surface area contributed by atoms with E-state index in [-0.39, 0.29) is 30.7 Å². The lowest BCUT2D eigenvalue weighted by atomic mass is 9.85. The smallest absolute Gasteiger partial charge is 0.261 e. The number of benzene rings is 1.